The summed E-state index contributed by atoms with van der Waals surface area (Å²) >= 11 is 0. The van der Waals surface area contributed by atoms with Gasteiger partial charge < -0.3 is 24.3 Å². The molecule has 8 heteroatoms. The number of fused-ring (bicyclic) bond motifs is 2. The van der Waals surface area contributed by atoms with Crippen LogP contribution in [0.4, 0.5) is 0 Å². The molecule has 2 aliphatic rings. The normalized spacial score (nSPS) is 15.5. The predicted molar refractivity (Wildman–Crippen MR) is 134 cm³/mol. The average molecular weight is 490 g/mol. The molecule has 188 valence electrons. The maximum atomic E-state index is 11.8. The zero-order valence-corrected chi connectivity index (χ0v) is 20.5. The summed E-state index contributed by atoms with van der Waals surface area (Å²) < 4.78 is 22.4. The zero-order valence-electron chi connectivity index (χ0n) is 20.5. The highest BCUT2D eigenvalue weighted by Gasteiger charge is 2.26. The van der Waals surface area contributed by atoms with Crippen LogP contribution >= 0.6 is 0 Å². The first-order valence-electron chi connectivity index (χ1n) is 12.6. The number of aryl methyl sites for hydroxylation is 1. The molecule has 0 fully saturated rings. The van der Waals surface area contributed by atoms with E-state index in [0.717, 1.165) is 72.1 Å². The number of hydrogen-bond donors (Lipinski definition) is 1. The van der Waals surface area contributed by atoms with Gasteiger partial charge in [-0.15, -0.1) is 0 Å². The predicted octanol–water partition coefficient (Wildman–Crippen LogP) is 4.76. The molecule has 0 saturated carbocycles. The molecule has 2 aromatic carbocycles. The minimum Gasteiger partial charge on any atom is -0.494 e. The number of carbonyl (C=O) groups is 1. The molecule has 1 aliphatic heterocycles. The number of nitrogens with zero attached hydrogens (tertiary/aromatic N) is 2. The van der Waals surface area contributed by atoms with E-state index in [0.29, 0.717) is 19.6 Å². The van der Waals surface area contributed by atoms with Crippen LogP contribution in [-0.4, -0.2) is 35.9 Å². The van der Waals surface area contributed by atoms with E-state index in [-0.39, 0.29) is 18.9 Å². The van der Waals surface area contributed by atoms with Crippen LogP contribution in [0.5, 0.6) is 17.2 Å². The van der Waals surface area contributed by atoms with Crippen LogP contribution in [0.15, 0.2) is 48.7 Å². The molecule has 0 spiro atoms. The van der Waals surface area contributed by atoms with Gasteiger partial charge in [0.1, 0.15) is 17.7 Å². The Balaban J connectivity index is 1.05. The maximum Gasteiger partial charge on any atom is 0.306 e. The number of hydrogen-bond acceptors (Lipinski definition) is 8. The summed E-state index contributed by atoms with van der Waals surface area (Å²) in [6.45, 7) is 4.22. The summed E-state index contributed by atoms with van der Waals surface area (Å²) in [5.74, 6) is 2.97. The molecule has 0 bridgehead atoms. The van der Waals surface area contributed by atoms with Gasteiger partial charge in [0.15, 0.2) is 11.5 Å². The zero-order chi connectivity index (χ0) is 24.7. The highest BCUT2D eigenvalue weighted by molar-refractivity contribution is 5.69. The van der Waals surface area contributed by atoms with Crippen molar-refractivity contribution in [3.05, 3.63) is 65.6 Å². The Morgan fingerprint density at radius 1 is 1.14 bits per heavy atom. The van der Waals surface area contributed by atoms with Crippen molar-refractivity contribution in [2.75, 3.05) is 19.9 Å². The summed E-state index contributed by atoms with van der Waals surface area (Å²) in [5, 5.41) is 3.39. The number of carbonyl (C=O) groups excluding carboxylic acids is 1. The van der Waals surface area contributed by atoms with Crippen molar-refractivity contribution in [1.29, 1.82) is 0 Å². The van der Waals surface area contributed by atoms with Gasteiger partial charge in [-0.05, 0) is 79.8 Å². The van der Waals surface area contributed by atoms with Gasteiger partial charge in [-0.25, -0.2) is 9.97 Å². The van der Waals surface area contributed by atoms with Crippen LogP contribution in [-0.2, 0) is 22.5 Å². The van der Waals surface area contributed by atoms with Crippen molar-refractivity contribution < 1.29 is 23.7 Å². The summed E-state index contributed by atoms with van der Waals surface area (Å²) in [7, 11) is 0. The van der Waals surface area contributed by atoms with Gasteiger partial charge in [-0.1, -0.05) is 13.0 Å². The summed E-state index contributed by atoms with van der Waals surface area (Å²) in [5.41, 5.74) is 4.13. The summed E-state index contributed by atoms with van der Waals surface area (Å²) in [4.78, 5) is 20.9. The van der Waals surface area contributed by atoms with Crippen molar-refractivity contribution in [1.82, 2.24) is 15.3 Å². The Morgan fingerprint density at radius 3 is 2.97 bits per heavy atom. The van der Waals surface area contributed by atoms with Gasteiger partial charge in [-0.2, -0.15) is 0 Å². The van der Waals surface area contributed by atoms with Crippen molar-refractivity contribution in [2.45, 2.75) is 51.7 Å². The number of esters is 1. The molecular formula is C28H31N3O5. The van der Waals surface area contributed by atoms with Crippen molar-refractivity contribution >= 4 is 5.97 Å². The third-order valence-electron chi connectivity index (χ3n) is 6.29. The largest absolute Gasteiger partial charge is 0.494 e. The molecule has 1 atom stereocenters. The third kappa shape index (κ3) is 5.76. The smallest absolute Gasteiger partial charge is 0.306 e. The monoisotopic (exact) mass is 489 g/mol. The molecular weight excluding hydrogens is 458 g/mol. The fourth-order valence-corrected chi connectivity index (χ4v) is 4.48. The molecule has 1 aliphatic carbocycles. The van der Waals surface area contributed by atoms with Crippen LogP contribution in [0.1, 0.15) is 55.7 Å². The van der Waals surface area contributed by atoms with Gasteiger partial charge in [0.2, 0.25) is 6.79 Å². The molecule has 1 N–H and O–H groups in total. The van der Waals surface area contributed by atoms with Crippen LogP contribution in [0.2, 0.25) is 0 Å². The van der Waals surface area contributed by atoms with Gasteiger partial charge in [-0.3, -0.25) is 4.79 Å². The van der Waals surface area contributed by atoms with Gasteiger partial charge in [0.25, 0.3) is 0 Å². The quantitative estimate of drug-likeness (QED) is 0.304. The van der Waals surface area contributed by atoms with E-state index in [1.165, 1.54) is 5.56 Å². The number of benzene rings is 2. The lowest BCUT2D eigenvalue weighted by Gasteiger charge is -2.14. The number of nitrogens with one attached hydrogen (secondary N) is 1. The molecule has 0 unspecified atom stereocenters. The van der Waals surface area contributed by atoms with E-state index in [1.54, 1.807) is 6.20 Å². The number of ether oxygens (including phenoxy) is 4. The SMILES string of the molecule is CCCC(=O)O[C@H]1CCc2cc(OCCCNCc3nccc(-c4ccc5c(c4)OCO5)n3)ccc21. The second-order valence-corrected chi connectivity index (χ2v) is 8.93. The number of aromatic nitrogens is 2. The molecule has 0 saturated heterocycles. The maximum absolute atomic E-state index is 11.8. The standard InChI is InChI=1S/C28H31N3O5/c1-2-4-28(32)36-24-9-5-19-15-21(7-8-22(19)24)33-14-3-12-29-17-27-30-13-11-23(31-27)20-6-10-25-26(16-20)35-18-34-25/h6-8,10-11,13,15-16,24,29H,2-5,9,12,14,17-18H2,1H3/t24-/m0/s1. The molecule has 0 amide bonds. The van der Waals surface area contributed by atoms with Gasteiger partial charge in [0, 0.05) is 18.2 Å². The van der Waals surface area contributed by atoms with Crippen LogP contribution < -0.4 is 19.5 Å². The van der Waals surface area contributed by atoms with Gasteiger partial charge in [0.05, 0.1) is 18.8 Å². The molecule has 0 radical (unpaired) electrons. The lowest BCUT2D eigenvalue weighted by atomic mass is 10.1. The summed E-state index contributed by atoms with van der Waals surface area (Å²) in [6.07, 6.45) is 5.54. The van der Waals surface area contributed by atoms with Crippen molar-refractivity contribution in [2.24, 2.45) is 0 Å². The Labute approximate surface area is 211 Å². The van der Waals surface area contributed by atoms with Crippen molar-refractivity contribution in [3.8, 4) is 28.5 Å². The average Bonchev–Trinajstić information content (AvgIpc) is 3.53. The molecule has 5 rings (SSSR count). The van der Waals surface area contributed by atoms with Crippen LogP contribution in [0.25, 0.3) is 11.3 Å². The fraction of sp³-hybridized carbons (Fsp3) is 0.393. The Hall–Kier alpha value is -3.65. The van der Waals surface area contributed by atoms with Crippen LogP contribution in [0.3, 0.4) is 0 Å². The minimum absolute atomic E-state index is 0.117. The van der Waals surface area contributed by atoms with E-state index in [4.69, 9.17) is 18.9 Å². The van der Waals surface area contributed by atoms with Gasteiger partial charge >= 0.3 is 5.97 Å². The fourth-order valence-electron chi connectivity index (χ4n) is 4.48. The lowest BCUT2D eigenvalue weighted by molar-refractivity contribution is -0.149. The molecule has 8 nitrogen and oxygen atoms in total. The minimum atomic E-state index is -0.122. The van der Waals surface area contributed by atoms with Crippen molar-refractivity contribution in [3.63, 3.8) is 0 Å². The first-order valence-corrected chi connectivity index (χ1v) is 12.6. The Morgan fingerprint density at radius 2 is 2.06 bits per heavy atom. The third-order valence-corrected chi connectivity index (χ3v) is 6.29. The molecule has 2 heterocycles. The number of rotatable bonds is 11. The van der Waals surface area contributed by atoms with E-state index in [1.807, 2.05) is 43.3 Å². The summed E-state index contributed by atoms with van der Waals surface area (Å²) in [6, 6.07) is 13.8. The Kier molecular flexibility index (Phi) is 7.61. The highest BCUT2D eigenvalue weighted by atomic mass is 16.7. The van der Waals surface area contributed by atoms with Crippen LogP contribution in [0, 0.1) is 0 Å². The second-order valence-electron chi connectivity index (χ2n) is 8.93. The lowest BCUT2D eigenvalue weighted by Crippen LogP contribution is -2.18. The first kappa shape index (κ1) is 24.1. The van der Waals surface area contributed by atoms with E-state index in [2.05, 4.69) is 21.4 Å². The van der Waals surface area contributed by atoms with E-state index >= 15 is 0 Å². The topological polar surface area (TPSA) is 91.8 Å². The second kappa shape index (κ2) is 11.4. The first-order chi connectivity index (χ1) is 17.7. The highest BCUT2D eigenvalue weighted by Crippen LogP contribution is 2.37. The molecule has 3 aromatic rings. The molecule has 1 aromatic heterocycles. The molecule has 36 heavy (non-hydrogen) atoms. The Bertz CT molecular complexity index is 1220. The van der Waals surface area contributed by atoms with E-state index in [9.17, 15) is 4.79 Å². The van der Waals surface area contributed by atoms with E-state index < -0.39 is 0 Å².